The van der Waals surface area contributed by atoms with E-state index in [2.05, 4.69) is 34.4 Å². The van der Waals surface area contributed by atoms with E-state index in [0.29, 0.717) is 5.92 Å². The molecule has 2 N–H and O–H groups in total. The molecule has 1 aromatic heterocycles. The highest BCUT2D eigenvalue weighted by atomic mass is 15.1. The molecule has 4 heteroatoms. The Morgan fingerprint density at radius 2 is 2.07 bits per heavy atom. The normalized spacial score (nSPS) is 14.6. The molecule has 0 amide bonds. The molecule has 76 valence electrons. The minimum Gasteiger partial charge on any atom is -0.373 e. The first-order valence-corrected chi connectivity index (χ1v) is 5.00. The molecule has 0 saturated heterocycles. The van der Waals surface area contributed by atoms with E-state index in [4.69, 9.17) is 0 Å². The second-order valence-corrected chi connectivity index (χ2v) is 3.86. The zero-order valence-corrected chi connectivity index (χ0v) is 8.89. The molecule has 0 bridgehead atoms. The van der Waals surface area contributed by atoms with Gasteiger partial charge in [0.2, 0.25) is 0 Å². The zero-order chi connectivity index (χ0) is 10.1. The van der Waals surface area contributed by atoms with Crippen LogP contribution in [-0.2, 0) is 13.1 Å². The van der Waals surface area contributed by atoms with Crippen molar-refractivity contribution in [3.05, 3.63) is 17.1 Å². The highest BCUT2D eigenvalue weighted by molar-refractivity contribution is 5.48. The molecule has 0 aliphatic carbocycles. The lowest BCUT2D eigenvalue weighted by Crippen LogP contribution is -2.06. The predicted octanol–water partition coefficient (Wildman–Crippen LogP) is 1.24. The highest BCUT2D eigenvalue weighted by Crippen LogP contribution is 2.23. The molecular formula is C10H16N4. The fraction of sp³-hybridized carbons (Fsp3) is 0.600. The lowest BCUT2D eigenvalue weighted by Gasteiger charge is -2.10. The molecule has 1 aliphatic heterocycles. The third-order valence-electron chi connectivity index (χ3n) is 2.46. The van der Waals surface area contributed by atoms with Crippen molar-refractivity contribution in [2.75, 3.05) is 12.4 Å². The molecule has 1 aromatic rings. The molecule has 0 radical (unpaired) electrons. The van der Waals surface area contributed by atoms with Gasteiger partial charge in [-0.2, -0.15) is 0 Å². The van der Waals surface area contributed by atoms with Crippen LogP contribution in [0.5, 0.6) is 0 Å². The quantitative estimate of drug-likeness (QED) is 0.740. The van der Waals surface area contributed by atoms with Crippen LogP contribution in [-0.4, -0.2) is 17.0 Å². The number of hydrogen-bond acceptors (Lipinski definition) is 4. The second kappa shape index (κ2) is 3.53. The summed E-state index contributed by atoms with van der Waals surface area (Å²) in [5.41, 5.74) is 2.37. The van der Waals surface area contributed by atoms with Gasteiger partial charge in [-0.15, -0.1) is 0 Å². The van der Waals surface area contributed by atoms with E-state index in [1.807, 2.05) is 7.05 Å². The van der Waals surface area contributed by atoms with Gasteiger partial charge in [-0.05, 0) is 0 Å². The van der Waals surface area contributed by atoms with Crippen molar-refractivity contribution in [3.63, 3.8) is 0 Å². The first-order valence-electron chi connectivity index (χ1n) is 5.00. The Hall–Kier alpha value is -1.16. The van der Waals surface area contributed by atoms with Gasteiger partial charge in [0.25, 0.3) is 0 Å². The van der Waals surface area contributed by atoms with Crippen LogP contribution in [0.1, 0.15) is 36.8 Å². The average Bonchev–Trinajstić information content (AvgIpc) is 2.63. The maximum Gasteiger partial charge on any atom is 0.134 e. The molecule has 2 heterocycles. The van der Waals surface area contributed by atoms with Crippen molar-refractivity contribution in [1.82, 2.24) is 15.3 Å². The monoisotopic (exact) mass is 192 g/mol. The Morgan fingerprint density at radius 3 is 2.71 bits per heavy atom. The molecule has 0 aromatic carbocycles. The van der Waals surface area contributed by atoms with Crippen LogP contribution in [0, 0.1) is 0 Å². The fourth-order valence-corrected chi connectivity index (χ4v) is 1.65. The number of aromatic nitrogens is 2. The molecule has 14 heavy (non-hydrogen) atoms. The molecule has 0 fully saturated rings. The van der Waals surface area contributed by atoms with Crippen molar-refractivity contribution in [1.29, 1.82) is 0 Å². The lowest BCUT2D eigenvalue weighted by molar-refractivity contribution is 0.741. The number of anilines is 1. The van der Waals surface area contributed by atoms with Crippen LogP contribution < -0.4 is 10.6 Å². The van der Waals surface area contributed by atoms with Crippen LogP contribution in [0.25, 0.3) is 0 Å². The third-order valence-corrected chi connectivity index (χ3v) is 2.46. The molecule has 0 unspecified atom stereocenters. The Labute approximate surface area is 84.2 Å². The first kappa shape index (κ1) is 9.40. The van der Waals surface area contributed by atoms with Gasteiger partial charge in [0.1, 0.15) is 11.6 Å². The van der Waals surface area contributed by atoms with Gasteiger partial charge in [0.15, 0.2) is 0 Å². The van der Waals surface area contributed by atoms with E-state index < -0.39 is 0 Å². The van der Waals surface area contributed by atoms with Crippen molar-refractivity contribution >= 4 is 5.82 Å². The summed E-state index contributed by atoms with van der Waals surface area (Å²) in [7, 11) is 1.91. The number of hydrogen-bond donors (Lipinski definition) is 2. The summed E-state index contributed by atoms with van der Waals surface area (Å²) in [5, 5.41) is 6.42. The standard InChI is InChI=1S/C10H16N4/c1-6(2)9-13-8-5-12-4-7(8)10(11-3)14-9/h6,12H,4-5H2,1-3H3,(H,11,13,14). The zero-order valence-electron chi connectivity index (χ0n) is 8.89. The minimum atomic E-state index is 0.382. The summed E-state index contributed by atoms with van der Waals surface area (Å²) in [6, 6.07) is 0. The van der Waals surface area contributed by atoms with Crippen molar-refractivity contribution in [3.8, 4) is 0 Å². The van der Waals surface area contributed by atoms with E-state index in [-0.39, 0.29) is 0 Å². The molecule has 0 atom stereocenters. The predicted molar refractivity (Wildman–Crippen MR) is 56.2 cm³/mol. The molecule has 0 saturated carbocycles. The Kier molecular flexibility index (Phi) is 2.37. The summed E-state index contributed by atoms with van der Waals surface area (Å²) < 4.78 is 0. The third kappa shape index (κ3) is 1.46. The Balaban J connectivity index is 2.49. The van der Waals surface area contributed by atoms with E-state index in [1.165, 1.54) is 5.56 Å². The average molecular weight is 192 g/mol. The van der Waals surface area contributed by atoms with Crippen molar-refractivity contribution < 1.29 is 0 Å². The maximum atomic E-state index is 4.55. The second-order valence-electron chi connectivity index (χ2n) is 3.86. The van der Waals surface area contributed by atoms with Crippen LogP contribution in [0.2, 0.25) is 0 Å². The van der Waals surface area contributed by atoms with Crippen molar-refractivity contribution in [2.24, 2.45) is 0 Å². The fourth-order valence-electron chi connectivity index (χ4n) is 1.65. The van der Waals surface area contributed by atoms with Crippen LogP contribution >= 0.6 is 0 Å². The molecular weight excluding hydrogens is 176 g/mol. The summed E-state index contributed by atoms with van der Waals surface area (Å²) in [5.74, 6) is 2.29. The van der Waals surface area contributed by atoms with E-state index in [0.717, 1.165) is 30.4 Å². The van der Waals surface area contributed by atoms with Gasteiger partial charge >= 0.3 is 0 Å². The van der Waals surface area contributed by atoms with Crippen LogP contribution in [0.3, 0.4) is 0 Å². The van der Waals surface area contributed by atoms with Gasteiger partial charge < -0.3 is 10.6 Å². The Bertz CT molecular complexity index is 346. The highest BCUT2D eigenvalue weighted by Gasteiger charge is 2.18. The summed E-state index contributed by atoms with van der Waals surface area (Å²) in [6.45, 7) is 5.98. The lowest BCUT2D eigenvalue weighted by atomic mass is 10.2. The van der Waals surface area contributed by atoms with E-state index >= 15 is 0 Å². The smallest absolute Gasteiger partial charge is 0.134 e. The van der Waals surface area contributed by atoms with Crippen LogP contribution in [0.15, 0.2) is 0 Å². The summed E-state index contributed by atoms with van der Waals surface area (Å²) in [4.78, 5) is 9.05. The molecule has 2 rings (SSSR count). The minimum absolute atomic E-state index is 0.382. The number of nitrogens with one attached hydrogen (secondary N) is 2. The molecule has 1 aliphatic rings. The van der Waals surface area contributed by atoms with E-state index in [1.54, 1.807) is 0 Å². The Morgan fingerprint density at radius 1 is 1.29 bits per heavy atom. The number of nitrogens with zero attached hydrogens (tertiary/aromatic N) is 2. The van der Waals surface area contributed by atoms with Gasteiger partial charge in [0, 0.05) is 31.6 Å². The van der Waals surface area contributed by atoms with Gasteiger partial charge in [0.05, 0.1) is 5.69 Å². The number of fused-ring (bicyclic) bond motifs is 1. The maximum absolute atomic E-state index is 4.55. The van der Waals surface area contributed by atoms with Gasteiger partial charge in [-0.3, -0.25) is 0 Å². The molecule has 4 nitrogen and oxygen atoms in total. The topological polar surface area (TPSA) is 49.8 Å². The largest absolute Gasteiger partial charge is 0.373 e. The van der Waals surface area contributed by atoms with Crippen LogP contribution in [0.4, 0.5) is 5.82 Å². The number of rotatable bonds is 2. The van der Waals surface area contributed by atoms with Crippen molar-refractivity contribution in [2.45, 2.75) is 32.9 Å². The summed E-state index contributed by atoms with van der Waals surface area (Å²) >= 11 is 0. The van der Waals surface area contributed by atoms with Gasteiger partial charge in [-0.25, -0.2) is 9.97 Å². The van der Waals surface area contributed by atoms with E-state index in [9.17, 15) is 0 Å². The van der Waals surface area contributed by atoms with Gasteiger partial charge in [-0.1, -0.05) is 13.8 Å². The first-order chi connectivity index (χ1) is 6.72. The summed E-state index contributed by atoms with van der Waals surface area (Å²) in [6.07, 6.45) is 0. The SMILES string of the molecule is CNc1nc(C(C)C)nc2c1CNC2. The molecule has 0 spiro atoms.